The quantitative estimate of drug-likeness (QED) is 0.860. The van der Waals surface area contributed by atoms with Crippen molar-refractivity contribution < 1.29 is 0 Å². The van der Waals surface area contributed by atoms with Crippen molar-refractivity contribution in [1.29, 1.82) is 0 Å². The summed E-state index contributed by atoms with van der Waals surface area (Å²) in [6.07, 6.45) is 4.21. The van der Waals surface area contributed by atoms with Gasteiger partial charge in [0, 0.05) is 25.7 Å². The van der Waals surface area contributed by atoms with Crippen LogP contribution in [0.15, 0.2) is 12.4 Å². The maximum atomic E-state index is 5.82. The van der Waals surface area contributed by atoms with Crippen LogP contribution in [0, 0.1) is 10.7 Å². The first-order valence-corrected chi connectivity index (χ1v) is 6.67. The van der Waals surface area contributed by atoms with E-state index in [-0.39, 0.29) is 0 Å². The molecule has 0 saturated carbocycles. The molecule has 18 heavy (non-hydrogen) atoms. The van der Waals surface area contributed by atoms with Gasteiger partial charge in [-0.05, 0) is 18.1 Å². The molecule has 1 N–H and O–H groups in total. The highest BCUT2D eigenvalue weighted by Crippen LogP contribution is 2.08. The molecule has 98 valence electrons. The smallest absolute Gasteiger partial charge is 0.195 e. The Morgan fingerprint density at radius 2 is 2.28 bits per heavy atom. The molecule has 0 aliphatic carbocycles. The maximum Gasteiger partial charge on any atom is 0.195 e. The van der Waals surface area contributed by atoms with Crippen molar-refractivity contribution in [3.05, 3.63) is 28.0 Å². The summed E-state index contributed by atoms with van der Waals surface area (Å²) < 4.78 is 4.53. The van der Waals surface area contributed by atoms with Crippen molar-refractivity contribution in [2.24, 2.45) is 5.92 Å². The zero-order valence-electron chi connectivity index (χ0n) is 10.4. The summed E-state index contributed by atoms with van der Waals surface area (Å²) in [7, 11) is 0. The van der Waals surface area contributed by atoms with Gasteiger partial charge in [0.1, 0.15) is 5.82 Å². The number of aromatic nitrogens is 5. The van der Waals surface area contributed by atoms with Crippen LogP contribution < -0.4 is 0 Å². The average molecular weight is 286 g/mol. The van der Waals surface area contributed by atoms with E-state index in [0.717, 1.165) is 25.3 Å². The fourth-order valence-electron chi connectivity index (χ4n) is 1.77. The molecule has 0 aliphatic heterocycles. The molecule has 0 atom stereocenters. The van der Waals surface area contributed by atoms with Crippen molar-refractivity contribution in [3.63, 3.8) is 0 Å². The van der Waals surface area contributed by atoms with Gasteiger partial charge < -0.3 is 4.57 Å². The fourth-order valence-corrected chi connectivity index (χ4v) is 2.15. The standard InChI is InChI=1S/C11H16ClN5S/c1-8(2)6-17-10(14-15-11(17)18)3-4-16-7-9(12)5-13-16/h5,7-8H,3-4,6H2,1-2H3,(H,15,18). The molecule has 2 aromatic rings. The van der Waals surface area contributed by atoms with Crippen LogP contribution in [0.2, 0.25) is 5.02 Å². The molecule has 0 aromatic carbocycles. The molecular weight excluding hydrogens is 270 g/mol. The number of hydrogen-bond donors (Lipinski definition) is 1. The van der Waals surface area contributed by atoms with Crippen LogP contribution in [-0.4, -0.2) is 24.5 Å². The van der Waals surface area contributed by atoms with Crippen LogP contribution in [0.1, 0.15) is 19.7 Å². The molecule has 7 heteroatoms. The predicted molar refractivity (Wildman–Crippen MR) is 73.2 cm³/mol. The molecule has 0 amide bonds. The van der Waals surface area contributed by atoms with Crippen molar-refractivity contribution in [2.45, 2.75) is 33.4 Å². The number of H-pyrrole nitrogens is 1. The summed E-state index contributed by atoms with van der Waals surface area (Å²) in [5, 5.41) is 11.9. The number of halogens is 1. The number of nitrogens with one attached hydrogen (secondary N) is 1. The Morgan fingerprint density at radius 1 is 1.50 bits per heavy atom. The second-order valence-electron chi connectivity index (χ2n) is 4.62. The minimum atomic E-state index is 0.534. The SMILES string of the molecule is CC(C)Cn1c(CCn2cc(Cl)cn2)n[nH]c1=S. The number of hydrogen-bond acceptors (Lipinski definition) is 3. The Bertz CT molecular complexity index is 568. The van der Waals surface area contributed by atoms with Gasteiger partial charge in [-0.25, -0.2) is 0 Å². The van der Waals surface area contributed by atoms with Crippen LogP contribution in [0.25, 0.3) is 0 Å². The molecule has 2 aromatic heterocycles. The van der Waals surface area contributed by atoms with Crippen molar-refractivity contribution >= 4 is 23.8 Å². The van der Waals surface area contributed by atoms with E-state index in [1.807, 2.05) is 4.57 Å². The van der Waals surface area contributed by atoms with Crippen LogP contribution >= 0.6 is 23.8 Å². The Morgan fingerprint density at radius 3 is 2.89 bits per heavy atom. The van der Waals surface area contributed by atoms with Gasteiger partial charge in [0.25, 0.3) is 0 Å². The zero-order valence-corrected chi connectivity index (χ0v) is 12.0. The first-order chi connectivity index (χ1) is 8.56. The number of aryl methyl sites for hydroxylation is 2. The van der Waals surface area contributed by atoms with E-state index in [4.69, 9.17) is 23.8 Å². The topological polar surface area (TPSA) is 51.4 Å². The molecule has 0 bridgehead atoms. The van der Waals surface area contributed by atoms with E-state index < -0.39 is 0 Å². The molecular formula is C11H16ClN5S. The summed E-state index contributed by atoms with van der Waals surface area (Å²) >= 11 is 11.0. The molecule has 0 radical (unpaired) electrons. The monoisotopic (exact) mass is 285 g/mol. The van der Waals surface area contributed by atoms with E-state index >= 15 is 0 Å². The minimum Gasteiger partial charge on any atom is -0.304 e. The van der Waals surface area contributed by atoms with Crippen LogP contribution in [0.3, 0.4) is 0 Å². The molecule has 0 unspecified atom stereocenters. The highest BCUT2D eigenvalue weighted by Gasteiger charge is 2.08. The van der Waals surface area contributed by atoms with Crippen LogP contribution in [0.5, 0.6) is 0 Å². The Kier molecular flexibility index (Phi) is 4.19. The largest absolute Gasteiger partial charge is 0.304 e. The van der Waals surface area contributed by atoms with Crippen LogP contribution in [0.4, 0.5) is 0 Å². The predicted octanol–water partition coefficient (Wildman–Crippen LogP) is 2.69. The normalized spacial score (nSPS) is 11.3. The highest BCUT2D eigenvalue weighted by atomic mass is 35.5. The van der Waals surface area contributed by atoms with Gasteiger partial charge >= 0.3 is 0 Å². The maximum absolute atomic E-state index is 5.82. The van der Waals surface area contributed by atoms with E-state index in [0.29, 0.717) is 15.7 Å². The van der Waals surface area contributed by atoms with E-state index in [1.165, 1.54) is 0 Å². The summed E-state index contributed by atoms with van der Waals surface area (Å²) in [6.45, 7) is 5.94. The second kappa shape index (κ2) is 5.67. The number of nitrogens with zero attached hydrogens (tertiary/aromatic N) is 4. The molecule has 0 aliphatic rings. The molecule has 0 saturated heterocycles. The summed E-state index contributed by atoms with van der Waals surface area (Å²) in [5.41, 5.74) is 0. The molecule has 0 spiro atoms. The summed E-state index contributed by atoms with van der Waals surface area (Å²) in [4.78, 5) is 0. The van der Waals surface area contributed by atoms with E-state index in [1.54, 1.807) is 17.1 Å². The second-order valence-corrected chi connectivity index (χ2v) is 5.44. The third kappa shape index (κ3) is 3.20. The summed E-state index contributed by atoms with van der Waals surface area (Å²) in [6, 6.07) is 0. The van der Waals surface area contributed by atoms with Crippen molar-refractivity contribution in [3.8, 4) is 0 Å². The van der Waals surface area contributed by atoms with Crippen molar-refractivity contribution in [1.82, 2.24) is 24.5 Å². The molecule has 2 rings (SSSR count). The first-order valence-electron chi connectivity index (χ1n) is 5.88. The van der Waals surface area contributed by atoms with E-state index in [2.05, 4.69) is 29.1 Å². The van der Waals surface area contributed by atoms with Gasteiger partial charge in [-0.15, -0.1) is 0 Å². The van der Waals surface area contributed by atoms with Gasteiger partial charge in [0.2, 0.25) is 0 Å². The van der Waals surface area contributed by atoms with Gasteiger partial charge in [0.15, 0.2) is 4.77 Å². The lowest BCUT2D eigenvalue weighted by Gasteiger charge is -2.09. The Hall–Kier alpha value is -1.14. The number of rotatable bonds is 5. The van der Waals surface area contributed by atoms with Gasteiger partial charge in [-0.1, -0.05) is 25.4 Å². The third-order valence-electron chi connectivity index (χ3n) is 2.55. The summed E-state index contributed by atoms with van der Waals surface area (Å²) in [5.74, 6) is 1.49. The molecule has 5 nitrogen and oxygen atoms in total. The fraction of sp³-hybridized carbons (Fsp3) is 0.545. The molecule has 0 fully saturated rings. The van der Waals surface area contributed by atoms with Crippen LogP contribution in [-0.2, 0) is 19.5 Å². The van der Waals surface area contributed by atoms with E-state index in [9.17, 15) is 0 Å². The third-order valence-corrected chi connectivity index (χ3v) is 3.06. The van der Waals surface area contributed by atoms with Gasteiger partial charge in [-0.3, -0.25) is 9.78 Å². The zero-order chi connectivity index (χ0) is 13.1. The minimum absolute atomic E-state index is 0.534. The lowest BCUT2D eigenvalue weighted by atomic mass is 10.2. The first kappa shape index (κ1) is 13.3. The Balaban J connectivity index is 2.07. The molecule has 2 heterocycles. The average Bonchev–Trinajstić information content (AvgIpc) is 2.85. The number of aromatic amines is 1. The lowest BCUT2D eigenvalue weighted by molar-refractivity contribution is 0.491. The van der Waals surface area contributed by atoms with Crippen molar-refractivity contribution in [2.75, 3.05) is 0 Å². The highest BCUT2D eigenvalue weighted by molar-refractivity contribution is 7.71. The lowest BCUT2D eigenvalue weighted by Crippen LogP contribution is -2.11. The van der Waals surface area contributed by atoms with Gasteiger partial charge in [0.05, 0.1) is 11.2 Å². The van der Waals surface area contributed by atoms with Gasteiger partial charge in [-0.2, -0.15) is 10.2 Å². The Labute approximate surface area is 116 Å².